The maximum absolute atomic E-state index is 13.3. The molecule has 0 heterocycles. The van der Waals surface area contributed by atoms with Crippen LogP contribution in [0, 0.1) is 12.8 Å². The maximum Gasteiger partial charge on any atom is 0.475 e. The number of carbonyl (C=O) groups excluding carboxylic acids is 2. The first-order chi connectivity index (χ1) is 15.7. The molecule has 1 aliphatic carbocycles. The van der Waals surface area contributed by atoms with Gasteiger partial charge in [0.15, 0.2) is 0 Å². The number of carbonyl (C=O) groups is 2. The molecule has 0 radical (unpaired) electrons. The SMILES string of the molecule is Cc1cccc(C(CC(=O)NC(CC(C)C)B(O)O)NC(=O)c2cccc3c2CCCC3)c1. The highest BCUT2D eigenvalue weighted by atomic mass is 16.4. The molecule has 0 saturated heterocycles. The summed E-state index contributed by atoms with van der Waals surface area (Å²) in [7, 11) is -1.64. The van der Waals surface area contributed by atoms with E-state index >= 15 is 0 Å². The second-order valence-electron chi connectivity index (χ2n) is 9.51. The van der Waals surface area contributed by atoms with Crippen LogP contribution in [0.3, 0.4) is 0 Å². The van der Waals surface area contributed by atoms with Gasteiger partial charge in [-0.05, 0) is 67.7 Å². The Kier molecular flexibility index (Phi) is 8.70. The molecule has 3 rings (SSSR count). The number of nitrogens with one attached hydrogen (secondary N) is 2. The lowest BCUT2D eigenvalue weighted by atomic mass is 9.75. The van der Waals surface area contributed by atoms with E-state index in [2.05, 4.69) is 16.7 Å². The van der Waals surface area contributed by atoms with Gasteiger partial charge in [0.2, 0.25) is 5.91 Å². The molecule has 176 valence electrons. The predicted octanol–water partition coefficient (Wildman–Crippen LogP) is 3.28. The summed E-state index contributed by atoms with van der Waals surface area (Å²) in [5.41, 5.74) is 4.89. The quantitative estimate of drug-likeness (QED) is 0.441. The van der Waals surface area contributed by atoms with Crippen molar-refractivity contribution in [2.75, 3.05) is 0 Å². The molecule has 0 fully saturated rings. The molecule has 0 saturated carbocycles. The standard InChI is InChI=1S/C26H35BN2O4/c1-17(2)14-24(27(32)33)29-25(30)16-23(20-11-6-8-18(3)15-20)28-26(31)22-13-7-10-19-9-4-5-12-21(19)22/h6-8,10-11,13,15,17,23-24,32-33H,4-5,9,12,14,16H2,1-3H3,(H,28,31)(H,29,30). The van der Waals surface area contributed by atoms with Crippen LogP contribution in [0.4, 0.5) is 0 Å². The summed E-state index contributed by atoms with van der Waals surface area (Å²) in [6.45, 7) is 5.88. The molecule has 33 heavy (non-hydrogen) atoms. The van der Waals surface area contributed by atoms with E-state index in [1.54, 1.807) is 0 Å². The van der Waals surface area contributed by atoms with Crippen LogP contribution in [0.15, 0.2) is 42.5 Å². The maximum atomic E-state index is 13.3. The van der Waals surface area contributed by atoms with E-state index in [4.69, 9.17) is 0 Å². The van der Waals surface area contributed by atoms with Crippen molar-refractivity contribution in [3.8, 4) is 0 Å². The lowest BCUT2D eigenvalue weighted by Crippen LogP contribution is -2.48. The summed E-state index contributed by atoms with van der Waals surface area (Å²) in [6, 6.07) is 13.1. The van der Waals surface area contributed by atoms with Gasteiger partial charge in [-0.2, -0.15) is 0 Å². The number of aryl methyl sites for hydroxylation is 2. The van der Waals surface area contributed by atoms with E-state index in [9.17, 15) is 19.6 Å². The molecule has 2 aromatic carbocycles. The van der Waals surface area contributed by atoms with E-state index in [1.807, 2.05) is 57.2 Å². The first-order valence-electron chi connectivity index (χ1n) is 11.9. The average Bonchev–Trinajstić information content (AvgIpc) is 2.77. The molecular weight excluding hydrogens is 415 g/mol. The molecule has 7 heteroatoms. The van der Waals surface area contributed by atoms with E-state index in [1.165, 1.54) is 5.56 Å². The molecule has 0 spiro atoms. The van der Waals surface area contributed by atoms with Crippen molar-refractivity contribution in [3.63, 3.8) is 0 Å². The van der Waals surface area contributed by atoms with Gasteiger partial charge in [0.1, 0.15) is 0 Å². The van der Waals surface area contributed by atoms with Crippen molar-refractivity contribution in [3.05, 3.63) is 70.3 Å². The Morgan fingerprint density at radius 2 is 1.76 bits per heavy atom. The zero-order valence-corrected chi connectivity index (χ0v) is 19.8. The number of hydrogen-bond acceptors (Lipinski definition) is 4. The van der Waals surface area contributed by atoms with Crippen LogP contribution >= 0.6 is 0 Å². The molecule has 0 aliphatic heterocycles. The van der Waals surface area contributed by atoms with Gasteiger partial charge < -0.3 is 20.7 Å². The molecule has 2 unspecified atom stereocenters. The second-order valence-corrected chi connectivity index (χ2v) is 9.51. The van der Waals surface area contributed by atoms with Gasteiger partial charge in [-0.25, -0.2) is 0 Å². The largest absolute Gasteiger partial charge is 0.475 e. The fourth-order valence-corrected chi connectivity index (χ4v) is 4.58. The molecule has 0 aromatic heterocycles. The van der Waals surface area contributed by atoms with Gasteiger partial charge in [0.25, 0.3) is 5.91 Å². The van der Waals surface area contributed by atoms with Crippen LogP contribution in [0.5, 0.6) is 0 Å². The van der Waals surface area contributed by atoms with Crippen molar-refractivity contribution < 1.29 is 19.6 Å². The smallest absolute Gasteiger partial charge is 0.426 e. The highest BCUT2D eigenvalue weighted by Gasteiger charge is 2.28. The van der Waals surface area contributed by atoms with E-state index in [0.29, 0.717) is 12.0 Å². The van der Waals surface area contributed by atoms with Gasteiger partial charge >= 0.3 is 7.12 Å². The zero-order chi connectivity index (χ0) is 24.0. The molecular formula is C26H35BN2O4. The fourth-order valence-electron chi connectivity index (χ4n) is 4.58. The highest BCUT2D eigenvalue weighted by molar-refractivity contribution is 6.43. The predicted molar refractivity (Wildman–Crippen MR) is 131 cm³/mol. The van der Waals surface area contributed by atoms with Crippen molar-refractivity contribution >= 4 is 18.9 Å². The lowest BCUT2D eigenvalue weighted by Gasteiger charge is -2.24. The Hall–Kier alpha value is -2.64. The van der Waals surface area contributed by atoms with Crippen LogP contribution in [-0.2, 0) is 17.6 Å². The summed E-state index contributed by atoms with van der Waals surface area (Å²) in [4.78, 5) is 26.2. The Bertz CT molecular complexity index is 977. The van der Waals surface area contributed by atoms with Gasteiger partial charge in [0, 0.05) is 5.56 Å². The summed E-state index contributed by atoms with van der Waals surface area (Å²) < 4.78 is 0. The normalized spacial score (nSPS) is 14.8. The number of benzene rings is 2. The van der Waals surface area contributed by atoms with Crippen molar-refractivity contribution in [1.82, 2.24) is 10.6 Å². The molecule has 1 aliphatic rings. The highest BCUT2D eigenvalue weighted by Crippen LogP contribution is 2.26. The van der Waals surface area contributed by atoms with Crippen LogP contribution in [0.1, 0.15) is 78.2 Å². The van der Waals surface area contributed by atoms with Crippen molar-refractivity contribution in [2.24, 2.45) is 5.92 Å². The number of amides is 2. The summed E-state index contributed by atoms with van der Waals surface area (Å²) >= 11 is 0. The van der Waals surface area contributed by atoms with Crippen LogP contribution < -0.4 is 10.6 Å². The monoisotopic (exact) mass is 450 g/mol. The first kappa shape index (κ1) is 25.0. The van der Waals surface area contributed by atoms with E-state index < -0.39 is 19.1 Å². The molecule has 6 nitrogen and oxygen atoms in total. The minimum atomic E-state index is -1.64. The van der Waals surface area contributed by atoms with Crippen molar-refractivity contribution in [1.29, 1.82) is 0 Å². The molecule has 4 N–H and O–H groups in total. The third-order valence-electron chi connectivity index (χ3n) is 6.21. The molecule has 2 atom stereocenters. The number of rotatable bonds is 9. The van der Waals surface area contributed by atoms with E-state index in [0.717, 1.165) is 42.4 Å². The van der Waals surface area contributed by atoms with Gasteiger partial charge in [-0.3, -0.25) is 9.59 Å². The Labute approximate surface area is 196 Å². The van der Waals surface area contributed by atoms with Gasteiger partial charge in [0.05, 0.1) is 18.4 Å². The number of hydrogen-bond donors (Lipinski definition) is 4. The Morgan fingerprint density at radius 3 is 2.45 bits per heavy atom. The minimum absolute atomic E-state index is 0.00549. The summed E-state index contributed by atoms with van der Waals surface area (Å²) in [6.07, 6.45) is 4.54. The third kappa shape index (κ3) is 6.92. The molecule has 2 aromatic rings. The first-order valence-corrected chi connectivity index (χ1v) is 11.9. The Morgan fingerprint density at radius 1 is 1.03 bits per heavy atom. The topological polar surface area (TPSA) is 98.7 Å². The van der Waals surface area contributed by atoms with Gasteiger partial charge in [-0.15, -0.1) is 0 Å². The summed E-state index contributed by atoms with van der Waals surface area (Å²) in [5.74, 6) is -1.09. The van der Waals surface area contributed by atoms with Crippen LogP contribution in [-0.4, -0.2) is 34.9 Å². The summed E-state index contributed by atoms with van der Waals surface area (Å²) in [5, 5.41) is 25.2. The van der Waals surface area contributed by atoms with Crippen molar-refractivity contribution in [2.45, 2.75) is 71.3 Å². The van der Waals surface area contributed by atoms with Gasteiger partial charge in [-0.1, -0.05) is 55.8 Å². The average molecular weight is 450 g/mol. The lowest BCUT2D eigenvalue weighted by molar-refractivity contribution is -0.122. The van der Waals surface area contributed by atoms with Crippen LogP contribution in [0.2, 0.25) is 0 Å². The second kappa shape index (κ2) is 11.5. The van der Waals surface area contributed by atoms with Crippen LogP contribution in [0.25, 0.3) is 0 Å². The minimum Gasteiger partial charge on any atom is -0.426 e. The zero-order valence-electron chi connectivity index (χ0n) is 19.8. The van der Waals surface area contributed by atoms with E-state index in [-0.39, 0.29) is 24.2 Å². The molecule has 0 bridgehead atoms. The Balaban J connectivity index is 1.81. The fraction of sp³-hybridized carbons (Fsp3) is 0.462. The third-order valence-corrected chi connectivity index (χ3v) is 6.21. The molecule has 2 amide bonds. The number of fused-ring (bicyclic) bond motifs is 1.